The third kappa shape index (κ3) is 3.54. The first-order valence-electron chi connectivity index (χ1n) is 11.4. The summed E-state index contributed by atoms with van der Waals surface area (Å²) in [5, 5.41) is 8.86. The van der Waals surface area contributed by atoms with Gasteiger partial charge in [-0.05, 0) is 56.6 Å². The van der Waals surface area contributed by atoms with E-state index in [0.29, 0.717) is 34.8 Å². The minimum atomic E-state index is -0.328. The number of benzene rings is 1. The van der Waals surface area contributed by atoms with Crippen LogP contribution in [0.4, 0.5) is 11.5 Å². The minimum Gasteiger partial charge on any atom is -0.393 e. The Morgan fingerprint density at radius 2 is 1.88 bits per heavy atom. The van der Waals surface area contributed by atoms with Crippen LogP contribution >= 0.6 is 0 Å². The molecule has 0 unspecified atom stereocenters. The summed E-state index contributed by atoms with van der Waals surface area (Å²) in [6, 6.07) is 9.56. The molecule has 6 rings (SSSR count). The lowest BCUT2D eigenvalue weighted by molar-refractivity contribution is -0.129. The van der Waals surface area contributed by atoms with Crippen LogP contribution in [0, 0.1) is 12.0 Å². The number of nitrogens with zero attached hydrogens (tertiary/aromatic N) is 4. The van der Waals surface area contributed by atoms with Crippen molar-refractivity contribution >= 4 is 17.3 Å². The number of anilines is 1. The van der Waals surface area contributed by atoms with Gasteiger partial charge < -0.3 is 10.3 Å². The number of nitrogen functional groups attached to an aromatic ring is 1. The van der Waals surface area contributed by atoms with E-state index in [0.717, 1.165) is 16.8 Å². The van der Waals surface area contributed by atoms with Crippen molar-refractivity contribution in [2.45, 2.75) is 70.8 Å². The van der Waals surface area contributed by atoms with E-state index in [1.54, 1.807) is 4.68 Å². The molecule has 170 valence electrons. The van der Waals surface area contributed by atoms with E-state index >= 15 is 0 Å². The highest BCUT2D eigenvalue weighted by molar-refractivity contribution is 5.84. The van der Waals surface area contributed by atoms with Crippen LogP contribution in [0.1, 0.15) is 64.0 Å². The Kier molecular flexibility index (Phi) is 4.58. The van der Waals surface area contributed by atoms with Crippen molar-refractivity contribution in [3.05, 3.63) is 58.8 Å². The van der Waals surface area contributed by atoms with Gasteiger partial charge in [0.1, 0.15) is 23.1 Å². The fourth-order valence-electron chi connectivity index (χ4n) is 5.72. The number of hydrogen-bond donors (Lipinski definition) is 1. The molecule has 3 saturated carbocycles. The first kappa shape index (κ1) is 21.4. The molecule has 33 heavy (non-hydrogen) atoms. The molecule has 7 heteroatoms. The van der Waals surface area contributed by atoms with Crippen LogP contribution in [0.3, 0.4) is 0 Å². The van der Waals surface area contributed by atoms with Gasteiger partial charge in [0.05, 0.1) is 24.2 Å². The number of Topliss-reactive ketones (excluding diaryl/α,β-unsaturated/α-hetero) is 1. The van der Waals surface area contributed by atoms with Crippen molar-refractivity contribution in [2.75, 3.05) is 5.73 Å². The van der Waals surface area contributed by atoms with Crippen LogP contribution in [0.25, 0.3) is 16.1 Å². The van der Waals surface area contributed by atoms with Gasteiger partial charge in [0, 0.05) is 17.9 Å². The van der Waals surface area contributed by atoms with Gasteiger partial charge >= 0.3 is 0 Å². The van der Waals surface area contributed by atoms with Crippen LogP contribution in [0.2, 0.25) is 0 Å². The third-order valence-corrected chi connectivity index (χ3v) is 7.04. The maximum atomic E-state index is 12.6. The number of carbonyl (C=O) groups excluding carboxylic acids is 1. The lowest BCUT2D eigenvalue weighted by Crippen LogP contribution is -2.63. The second-order valence-corrected chi connectivity index (χ2v) is 11.2. The molecule has 0 saturated heterocycles. The Balaban J connectivity index is 1.26. The average Bonchev–Trinajstić information content (AvgIpc) is 3.29. The molecule has 2 aromatic heterocycles. The molecule has 1 aromatic carbocycles. The largest absolute Gasteiger partial charge is 0.393 e. The Morgan fingerprint density at radius 1 is 1.21 bits per heavy atom. The Labute approximate surface area is 193 Å². The fraction of sp³-hybridized carbons (Fsp3) is 0.462. The van der Waals surface area contributed by atoms with E-state index in [-0.39, 0.29) is 23.2 Å². The molecule has 3 aliphatic carbocycles. The third-order valence-electron chi connectivity index (χ3n) is 7.04. The van der Waals surface area contributed by atoms with Gasteiger partial charge in [-0.15, -0.1) is 0 Å². The molecule has 3 aliphatic rings. The number of ketones is 1. The van der Waals surface area contributed by atoms with E-state index in [1.165, 1.54) is 19.3 Å². The van der Waals surface area contributed by atoms with Crippen LogP contribution in [0.15, 0.2) is 34.9 Å². The monoisotopic (exact) mass is 443 g/mol. The van der Waals surface area contributed by atoms with Crippen molar-refractivity contribution in [1.29, 1.82) is 0 Å². The summed E-state index contributed by atoms with van der Waals surface area (Å²) in [6.07, 6.45) is 4.10. The molecule has 7 nitrogen and oxygen atoms in total. The normalized spacial score (nSPS) is 23.5. The average molecular weight is 444 g/mol. The smallest absolute Gasteiger partial charge is 0.254 e. The summed E-state index contributed by atoms with van der Waals surface area (Å²) in [5.41, 5.74) is 10.2. The lowest BCUT2D eigenvalue weighted by Gasteiger charge is -2.68. The number of rotatable bonds is 6. The van der Waals surface area contributed by atoms with Crippen molar-refractivity contribution in [3.8, 4) is 11.3 Å². The first-order chi connectivity index (χ1) is 15.5. The van der Waals surface area contributed by atoms with Crippen molar-refractivity contribution < 1.29 is 9.32 Å². The summed E-state index contributed by atoms with van der Waals surface area (Å²) in [7, 11) is 0. The molecule has 0 atom stereocenters. The zero-order chi connectivity index (χ0) is 23.6. The van der Waals surface area contributed by atoms with E-state index in [4.69, 9.17) is 16.8 Å². The molecular formula is C26H29N5O2. The molecule has 0 spiro atoms. The second-order valence-electron chi connectivity index (χ2n) is 11.2. The van der Waals surface area contributed by atoms with Gasteiger partial charge in [-0.1, -0.05) is 36.3 Å². The number of carbonyl (C=O) groups is 1. The van der Waals surface area contributed by atoms with E-state index < -0.39 is 0 Å². The second kappa shape index (κ2) is 7.05. The SMILES string of the molecule is [C-]#[N+]c1c(-c2ccc(CC(=O)Cc3cc(C45CC(C)(C4)C5)no3)cc2)nn(C(C)(C)C)c1N. The summed E-state index contributed by atoms with van der Waals surface area (Å²) in [5.74, 6) is 1.09. The van der Waals surface area contributed by atoms with E-state index in [2.05, 4.69) is 22.0 Å². The number of nitrogens with two attached hydrogens (primary N) is 1. The van der Waals surface area contributed by atoms with Crippen molar-refractivity contribution in [1.82, 2.24) is 14.9 Å². The summed E-state index contributed by atoms with van der Waals surface area (Å²) < 4.78 is 7.16. The molecule has 3 fully saturated rings. The summed E-state index contributed by atoms with van der Waals surface area (Å²) in [4.78, 5) is 16.2. The molecule has 2 heterocycles. The molecule has 0 radical (unpaired) electrons. The lowest BCUT2D eigenvalue weighted by atomic mass is 9.35. The number of aromatic nitrogens is 3. The predicted molar refractivity (Wildman–Crippen MR) is 126 cm³/mol. The van der Waals surface area contributed by atoms with Crippen LogP contribution in [-0.4, -0.2) is 20.7 Å². The van der Waals surface area contributed by atoms with Gasteiger partial charge in [0.2, 0.25) is 0 Å². The van der Waals surface area contributed by atoms with E-state index in [9.17, 15) is 4.79 Å². The predicted octanol–water partition coefficient (Wildman–Crippen LogP) is 5.22. The Bertz CT molecular complexity index is 1260. The fourth-order valence-corrected chi connectivity index (χ4v) is 5.72. The molecule has 0 aliphatic heterocycles. The summed E-state index contributed by atoms with van der Waals surface area (Å²) >= 11 is 0. The zero-order valence-electron chi connectivity index (χ0n) is 19.6. The van der Waals surface area contributed by atoms with Gasteiger partial charge in [0.25, 0.3) is 5.69 Å². The maximum Gasteiger partial charge on any atom is 0.254 e. The zero-order valence-corrected chi connectivity index (χ0v) is 19.6. The van der Waals surface area contributed by atoms with E-state index in [1.807, 2.05) is 51.1 Å². The first-order valence-corrected chi connectivity index (χ1v) is 11.4. The molecule has 3 aromatic rings. The number of hydrogen-bond acceptors (Lipinski definition) is 5. The van der Waals surface area contributed by atoms with Crippen LogP contribution < -0.4 is 5.73 Å². The van der Waals surface area contributed by atoms with Crippen LogP contribution in [-0.2, 0) is 28.6 Å². The van der Waals surface area contributed by atoms with Gasteiger partial charge in [0.15, 0.2) is 0 Å². The highest BCUT2D eigenvalue weighted by Crippen LogP contribution is 2.73. The van der Waals surface area contributed by atoms with Gasteiger partial charge in [-0.25, -0.2) is 4.85 Å². The molecular weight excluding hydrogens is 414 g/mol. The van der Waals surface area contributed by atoms with Crippen molar-refractivity contribution in [2.24, 2.45) is 5.41 Å². The van der Waals surface area contributed by atoms with Crippen molar-refractivity contribution in [3.63, 3.8) is 0 Å². The van der Waals surface area contributed by atoms with Gasteiger partial charge in [-0.2, -0.15) is 5.10 Å². The highest BCUT2D eigenvalue weighted by Gasteiger charge is 2.66. The topological polar surface area (TPSA) is 91.3 Å². The molecule has 0 amide bonds. The Hall–Kier alpha value is -3.40. The van der Waals surface area contributed by atoms with Crippen LogP contribution in [0.5, 0.6) is 0 Å². The van der Waals surface area contributed by atoms with Gasteiger partial charge in [-0.3, -0.25) is 9.48 Å². The highest BCUT2D eigenvalue weighted by atomic mass is 16.5. The molecule has 2 N–H and O–H groups in total. The molecule has 2 bridgehead atoms. The minimum absolute atomic E-state index is 0.0816. The quantitative estimate of drug-likeness (QED) is 0.527. The Morgan fingerprint density at radius 3 is 2.45 bits per heavy atom. The standard InChI is InChI=1S/C26H29N5O2/c1-24(2,3)31-23(27)22(28-5)21(29-31)17-8-6-16(7-9-17)10-18(32)11-19-12-20(30-33-19)26-13-25(4,14-26)15-26/h6-9,12H,10-11,13-15,27H2,1-4H3. The maximum absolute atomic E-state index is 12.6. The summed E-state index contributed by atoms with van der Waals surface area (Å²) in [6.45, 7) is 15.8.